The van der Waals surface area contributed by atoms with Gasteiger partial charge in [0.1, 0.15) is 10.7 Å². The molecule has 0 spiro atoms. The van der Waals surface area contributed by atoms with Crippen LogP contribution in [-0.2, 0) is 6.42 Å². The van der Waals surface area contributed by atoms with Crippen molar-refractivity contribution >= 4 is 33.9 Å². The van der Waals surface area contributed by atoms with Crippen LogP contribution in [-0.4, -0.2) is 23.5 Å². The van der Waals surface area contributed by atoms with Gasteiger partial charge in [-0.3, -0.25) is 4.79 Å². The van der Waals surface area contributed by atoms with Crippen molar-refractivity contribution in [3.63, 3.8) is 0 Å². The predicted octanol–water partition coefficient (Wildman–Crippen LogP) is 2.75. The third-order valence-corrected chi connectivity index (χ3v) is 4.38. The first kappa shape index (κ1) is 13.9. The molecule has 0 radical (unpaired) electrons. The molecule has 0 unspecified atom stereocenters. The minimum absolute atomic E-state index is 0.0632. The van der Waals surface area contributed by atoms with Crippen LogP contribution in [0.25, 0.3) is 0 Å². The third-order valence-electron chi connectivity index (χ3n) is 3.39. The van der Waals surface area contributed by atoms with Crippen LogP contribution in [0, 0.1) is 0 Å². The summed E-state index contributed by atoms with van der Waals surface area (Å²) in [6.45, 7) is 4.74. The number of fused-ring (bicyclic) bond motifs is 1. The van der Waals surface area contributed by atoms with E-state index in [0.717, 1.165) is 12.1 Å². The second-order valence-corrected chi connectivity index (χ2v) is 6.37. The average Bonchev–Trinajstić information content (AvgIpc) is 3.01. The maximum Gasteiger partial charge on any atom is 0.272 e. The molecule has 0 atom stereocenters. The summed E-state index contributed by atoms with van der Waals surface area (Å²) in [5, 5.41) is 3.88. The summed E-state index contributed by atoms with van der Waals surface area (Å²) >= 11 is 1.32. The molecule has 1 aromatic heterocycles. The smallest absolute Gasteiger partial charge is 0.272 e. The number of para-hydroxylation sites is 1. The number of nitrogens with two attached hydrogens (primary N) is 1. The molecule has 0 aliphatic carbocycles. The summed E-state index contributed by atoms with van der Waals surface area (Å²) in [7, 11) is 0. The zero-order chi connectivity index (χ0) is 15.0. The molecule has 6 heteroatoms. The van der Waals surface area contributed by atoms with Crippen LogP contribution in [0.2, 0.25) is 0 Å². The number of carbonyl (C=O) groups is 1. The molecule has 1 aliphatic heterocycles. The van der Waals surface area contributed by atoms with Crippen LogP contribution >= 0.6 is 11.3 Å². The minimum atomic E-state index is -0.0632. The highest BCUT2D eigenvalue weighted by Crippen LogP contribution is 2.33. The standard InChI is InChI=1S/C15H18N4OS/c1-9(2)17-15-18-13(16)12(21-15)14(20)19-8-7-10-5-3-4-6-11(10)19/h3-6,9H,7-8,16H2,1-2H3,(H,17,18). The Kier molecular flexibility index (Phi) is 3.55. The summed E-state index contributed by atoms with van der Waals surface area (Å²) in [4.78, 5) is 19.3. The molecule has 1 aromatic carbocycles. The normalized spacial score (nSPS) is 13.6. The van der Waals surface area contributed by atoms with Gasteiger partial charge in [0, 0.05) is 18.3 Å². The van der Waals surface area contributed by atoms with E-state index in [4.69, 9.17) is 5.73 Å². The molecular weight excluding hydrogens is 284 g/mol. The number of nitrogen functional groups attached to an aromatic ring is 1. The zero-order valence-corrected chi connectivity index (χ0v) is 12.9. The maximum atomic E-state index is 12.7. The van der Waals surface area contributed by atoms with E-state index < -0.39 is 0 Å². The molecule has 3 N–H and O–H groups in total. The van der Waals surface area contributed by atoms with Gasteiger partial charge in [-0.2, -0.15) is 0 Å². The minimum Gasteiger partial charge on any atom is -0.382 e. The molecule has 2 heterocycles. The van der Waals surface area contributed by atoms with Crippen LogP contribution in [0.3, 0.4) is 0 Å². The van der Waals surface area contributed by atoms with E-state index in [1.807, 2.05) is 32.0 Å². The number of nitrogens with one attached hydrogen (secondary N) is 1. The van der Waals surface area contributed by atoms with E-state index in [1.165, 1.54) is 16.9 Å². The van der Waals surface area contributed by atoms with Crippen molar-refractivity contribution in [1.29, 1.82) is 0 Å². The van der Waals surface area contributed by atoms with E-state index in [2.05, 4.69) is 16.4 Å². The fraction of sp³-hybridized carbons (Fsp3) is 0.333. The van der Waals surface area contributed by atoms with Crippen molar-refractivity contribution in [3.05, 3.63) is 34.7 Å². The first-order valence-corrected chi connectivity index (χ1v) is 7.80. The zero-order valence-electron chi connectivity index (χ0n) is 12.1. The van der Waals surface area contributed by atoms with E-state index in [1.54, 1.807) is 4.90 Å². The third kappa shape index (κ3) is 2.58. The first-order chi connectivity index (χ1) is 10.1. The summed E-state index contributed by atoms with van der Waals surface area (Å²) in [6, 6.07) is 8.24. The predicted molar refractivity (Wildman–Crippen MR) is 87.1 cm³/mol. The summed E-state index contributed by atoms with van der Waals surface area (Å²) < 4.78 is 0. The molecule has 0 saturated heterocycles. The summed E-state index contributed by atoms with van der Waals surface area (Å²) in [5.41, 5.74) is 8.10. The van der Waals surface area contributed by atoms with Crippen LogP contribution in [0.5, 0.6) is 0 Å². The number of amides is 1. The number of aromatic nitrogens is 1. The van der Waals surface area contributed by atoms with Gasteiger partial charge in [0.05, 0.1) is 0 Å². The Balaban J connectivity index is 1.88. The van der Waals surface area contributed by atoms with Gasteiger partial charge in [-0.15, -0.1) is 0 Å². The van der Waals surface area contributed by atoms with Crippen LogP contribution in [0.15, 0.2) is 24.3 Å². The van der Waals surface area contributed by atoms with Gasteiger partial charge in [-0.05, 0) is 31.9 Å². The summed E-state index contributed by atoms with van der Waals surface area (Å²) in [6.07, 6.45) is 0.887. The Morgan fingerprint density at radius 2 is 2.19 bits per heavy atom. The van der Waals surface area contributed by atoms with E-state index in [0.29, 0.717) is 22.4 Å². The average molecular weight is 302 g/mol. The highest BCUT2D eigenvalue weighted by Gasteiger charge is 2.28. The number of hydrogen-bond acceptors (Lipinski definition) is 5. The first-order valence-electron chi connectivity index (χ1n) is 6.99. The second-order valence-electron chi connectivity index (χ2n) is 5.37. The number of thiazole rings is 1. The van der Waals surface area contributed by atoms with Crippen molar-refractivity contribution in [1.82, 2.24) is 4.98 Å². The molecule has 110 valence electrons. The molecule has 3 rings (SSSR count). The molecule has 0 saturated carbocycles. The SMILES string of the molecule is CC(C)Nc1nc(N)c(C(=O)N2CCc3ccccc32)s1. The number of nitrogens with zero attached hydrogens (tertiary/aromatic N) is 2. The van der Waals surface area contributed by atoms with Crippen molar-refractivity contribution in [2.24, 2.45) is 0 Å². The monoisotopic (exact) mass is 302 g/mol. The number of rotatable bonds is 3. The highest BCUT2D eigenvalue weighted by molar-refractivity contribution is 7.18. The number of benzene rings is 1. The van der Waals surface area contributed by atoms with E-state index in [9.17, 15) is 4.79 Å². The second kappa shape index (κ2) is 5.37. The Morgan fingerprint density at radius 3 is 2.95 bits per heavy atom. The van der Waals surface area contributed by atoms with Crippen LogP contribution in [0.1, 0.15) is 29.1 Å². The molecule has 5 nitrogen and oxygen atoms in total. The van der Waals surface area contributed by atoms with E-state index in [-0.39, 0.29) is 11.9 Å². The Bertz CT molecular complexity index is 680. The molecule has 2 aromatic rings. The van der Waals surface area contributed by atoms with Gasteiger partial charge in [-0.25, -0.2) is 4.98 Å². The molecule has 1 aliphatic rings. The Hall–Kier alpha value is -2.08. The van der Waals surface area contributed by atoms with Gasteiger partial charge in [0.25, 0.3) is 5.91 Å². The van der Waals surface area contributed by atoms with Crippen LogP contribution < -0.4 is 16.0 Å². The Morgan fingerprint density at radius 1 is 1.43 bits per heavy atom. The molecule has 0 fully saturated rings. The van der Waals surface area contributed by atoms with Crippen molar-refractivity contribution in [2.45, 2.75) is 26.3 Å². The van der Waals surface area contributed by atoms with Gasteiger partial charge in [0.2, 0.25) is 0 Å². The lowest BCUT2D eigenvalue weighted by Gasteiger charge is -2.16. The lowest BCUT2D eigenvalue weighted by molar-refractivity contribution is 0.0994. The number of anilines is 3. The molecular formula is C15H18N4OS. The number of hydrogen-bond donors (Lipinski definition) is 2. The van der Waals surface area contributed by atoms with Crippen molar-refractivity contribution in [2.75, 3.05) is 22.5 Å². The van der Waals surface area contributed by atoms with Gasteiger partial charge in [0.15, 0.2) is 5.13 Å². The fourth-order valence-corrected chi connectivity index (χ4v) is 3.45. The molecule has 0 bridgehead atoms. The van der Waals surface area contributed by atoms with Crippen molar-refractivity contribution < 1.29 is 4.79 Å². The number of carbonyl (C=O) groups excluding carboxylic acids is 1. The molecule has 21 heavy (non-hydrogen) atoms. The highest BCUT2D eigenvalue weighted by atomic mass is 32.1. The Labute approximate surface area is 127 Å². The van der Waals surface area contributed by atoms with Gasteiger partial charge >= 0.3 is 0 Å². The quantitative estimate of drug-likeness (QED) is 0.914. The summed E-state index contributed by atoms with van der Waals surface area (Å²) in [5.74, 6) is 0.240. The fourth-order valence-electron chi connectivity index (χ4n) is 2.47. The lowest BCUT2D eigenvalue weighted by Crippen LogP contribution is -2.28. The van der Waals surface area contributed by atoms with E-state index >= 15 is 0 Å². The molecule has 1 amide bonds. The largest absolute Gasteiger partial charge is 0.382 e. The van der Waals surface area contributed by atoms with Gasteiger partial charge in [-0.1, -0.05) is 29.5 Å². The topological polar surface area (TPSA) is 71.2 Å². The lowest BCUT2D eigenvalue weighted by atomic mass is 10.2. The van der Waals surface area contributed by atoms with Crippen molar-refractivity contribution in [3.8, 4) is 0 Å². The van der Waals surface area contributed by atoms with Gasteiger partial charge < -0.3 is 16.0 Å². The maximum absolute atomic E-state index is 12.7. The van der Waals surface area contributed by atoms with Crippen LogP contribution in [0.4, 0.5) is 16.6 Å².